The molecule has 0 aromatic heterocycles. The van der Waals surface area contributed by atoms with Crippen LogP contribution >= 0.6 is 0 Å². The van der Waals surface area contributed by atoms with Crippen molar-refractivity contribution in [3.63, 3.8) is 0 Å². The lowest BCUT2D eigenvalue weighted by molar-refractivity contribution is -0.140. The van der Waals surface area contributed by atoms with Gasteiger partial charge < -0.3 is 20.1 Å². The van der Waals surface area contributed by atoms with E-state index < -0.39 is 12.0 Å². The van der Waals surface area contributed by atoms with E-state index in [9.17, 15) is 4.79 Å². The Morgan fingerprint density at radius 1 is 1.56 bits per heavy atom. The van der Waals surface area contributed by atoms with Crippen molar-refractivity contribution in [2.24, 2.45) is 0 Å². The highest BCUT2D eigenvalue weighted by molar-refractivity contribution is 5.73. The first-order chi connectivity index (χ1) is 7.67. The van der Waals surface area contributed by atoms with Gasteiger partial charge >= 0.3 is 5.97 Å². The molecule has 5 nitrogen and oxygen atoms in total. The zero-order valence-electron chi connectivity index (χ0n) is 10.1. The molecule has 0 amide bonds. The topological polar surface area (TPSA) is 61.8 Å². The van der Waals surface area contributed by atoms with Gasteiger partial charge in [-0.2, -0.15) is 0 Å². The highest BCUT2D eigenvalue weighted by Gasteiger charge is 2.23. The second-order valence-corrected chi connectivity index (χ2v) is 4.13. The number of aliphatic carboxylic acids is 1. The maximum absolute atomic E-state index is 10.9. The summed E-state index contributed by atoms with van der Waals surface area (Å²) in [5.41, 5.74) is 0. The molecule has 0 aromatic rings. The average molecular weight is 230 g/mol. The van der Waals surface area contributed by atoms with E-state index in [0.717, 1.165) is 32.5 Å². The number of carboxylic acid groups (broad SMARTS) is 1. The van der Waals surface area contributed by atoms with Crippen LogP contribution in [0.15, 0.2) is 0 Å². The summed E-state index contributed by atoms with van der Waals surface area (Å²) in [6.07, 6.45) is 2.37. The number of hydrogen-bond acceptors (Lipinski definition) is 4. The van der Waals surface area contributed by atoms with E-state index in [2.05, 4.69) is 10.2 Å². The van der Waals surface area contributed by atoms with Crippen molar-refractivity contribution in [3.8, 4) is 0 Å². The summed E-state index contributed by atoms with van der Waals surface area (Å²) in [6, 6.07) is -0.469. The molecule has 1 aliphatic heterocycles. The Morgan fingerprint density at radius 3 is 2.62 bits per heavy atom. The number of rotatable bonds is 6. The molecule has 0 spiro atoms. The smallest absolute Gasteiger partial charge is 0.322 e. The van der Waals surface area contributed by atoms with Crippen LogP contribution < -0.4 is 5.32 Å². The van der Waals surface area contributed by atoms with Crippen LogP contribution in [0, 0.1) is 0 Å². The number of hydrogen-bond donors (Lipinski definition) is 2. The first kappa shape index (κ1) is 13.4. The Balaban J connectivity index is 2.28. The Bertz CT molecular complexity index is 215. The minimum Gasteiger partial charge on any atom is -0.480 e. The van der Waals surface area contributed by atoms with Gasteiger partial charge in [-0.05, 0) is 26.8 Å². The van der Waals surface area contributed by atoms with Crippen LogP contribution in [0.2, 0.25) is 0 Å². The van der Waals surface area contributed by atoms with Gasteiger partial charge in [0, 0.05) is 26.2 Å². The SMILES string of the molecule is CCOC1CCN(CC(NC)C(=O)O)CC1. The molecule has 16 heavy (non-hydrogen) atoms. The fourth-order valence-electron chi connectivity index (χ4n) is 2.05. The number of piperidine rings is 1. The van der Waals surface area contributed by atoms with Crippen molar-refractivity contribution in [3.05, 3.63) is 0 Å². The quantitative estimate of drug-likeness (QED) is 0.680. The van der Waals surface area contributed by atoms with E-state index >= 15 is 0 Å². The molecule has 0 saturated carbocycles. The number of nitrogens with one attached hydrogen (secondary N) is 1. The molecule has 1 heterocycles. The third-order valence-corrected chi connectivity index (χ3v) is 3.02. The minimum absolute atomic E-state index is 0.360. The predicted octanol–water partition coefficient (Wildman–Crippen LogP) is 0.160. The molecule has 1 rings (SSSR count). The molecule has 0 bridgehead atoms. The minimum atomic E-state index is -0.783. The van der Waals surface area contributed by atoms with Crippen molar-refractivity contribution >= 4 is 5.97 Å². The molecule has 0 aliphatic carbocycles. The Hall–Kier alpha value is -0.650. The van der Waals surface area contributed by atoms with Gasteiger partial charge in [-0.25, -0.2) is 0 Å². The Labute approximate surface area is 96.8 Å². The fraction of sp³-hybridized carbons (Fsp3) is 0.909. The van der Waals surface area contributed by atoms with Crippen molar-refractivity contribution in [2.75, 3.05) is 33.3 Å². The number of likely N-dealkylation sites (tertiary alicyclic amines) is 1. The number of likely N-dealkylation sites (N-methyl/N-ethyl adjacent to an activating group) is 1. The summed E-state index contributed by atoms with van der Waals surface area (Å²) < 4.78 is 5.55. The zero-order valence-corrected chi connectivity index (χ0v) is 10.1. The summed E-state index contributed by atoms with van der Waals surface area (Å²) in [5.74, 6) is -0.783. The van der Waals surface area contributed by atoms with Crippen LogP contribution in [0.1, 0.15) is 19.8 Å². The molecule has 94 valence electrons. The second kappa shape index (κ2) is 6.83. The number of carboxylic acids is 1. The van der Waals surface area contributed by atoms with Crippen molar-refractivity contribution in [1.29, 1.82) is 0 Å². The van der Waals surface area contributed by atoms with Crippen LogP contribution in [0.4, 0.5) is 0 Å². The van der Waals surface area contributed by atoms with Crippen molar-refractivity contribution in [1.82, 2.24) is 10.2 Å². The fourth-order valence-corrected chi connectivity index (χ4v) is 2.05. The molecule has 5 heteroatoms. The zero-order chi connectivity index (χ0) is 12.0. The second-order valence-electron chi connectivity index (χ2n) is 4.13. The van der Waals surface area contributed by atoms with Gasteiger partial charge in [0.1, 0.15) is 6.04 Å². The molecule has 1 unspecified atom stereocenters. The standard InChI is InChI=1S/C11H22N2O3/c1-3-16-9-4-6-13(7-5-9)8-10(12-2)11(14)15/h9-10,12H,3-8H2,1-2H3,(H,14,15). The van der Waals surface area contributed by atoms with Gasteiger partial charge in [0.05, 0.1) is 6.10 Å². The van der Waals surface area contributed by atoms with Gasteiger partial charge in [-0.3, -0.25) is 4.79 Å². The van der Waals surface area contributed by atoms with Gasteiger partial charge in [-0.15, -0.1) is 0 Å². The number of nitrogens with zero attached hydrogens (tertiary/aromatic N) is 1. The van der Waals surface area contributed by atoms with Crippen LogP contribution in [0.25, 0.3) is 0 Å². The lowest BCUT2D eigenvalue weighted by atomic mass is 10.1. The molecule has 2 N–H and O–H groups in total. The maximum Gasteiger partial charge on any atom is 0.322 e. The molecule has 1 saturated heterocycles. The highest BCUT2D eigenvalue weighted by Crippen LogP contribution is 2.13. The largest absolute Gasteiger partial charge is 0.480 e. The van der Waals surface area contributed by atoms with Gasteiger partial charge in [-0.1, -0.05) is 0 Å². The average Bonchev–Trinajstić information content (AvgIpc) is 2.28. The lowest BCUT2D eigenvalue weighted by Crippen LogP contribution is -2.47. The molecule has 0 radical (unpaired) electrons. The monoisotopic (exact) mass is 230 g/mol. The summed E-state index contributed by atoms with van der Waals surface area (Å²) in [5, 5.41) is 11.7. The highest BCUT2D eigenvalue weighted by atomic mass is 16.5. The number of carbonyl (C=O) groups is 1. The van der Waals surface area contributed by atoms with Gasteiger partial charge in [0.2, 0.25) is 0 Å². The normalized spacial score (nSPS) is 20.9. The molecular formula is C11H22N2O3. The van der Waals surface area contributed by atoms with Crippen molar-refractivity contribution < 1.29 is 14.6 Å². The Morgan fingerprint density at radius 2 is 2.19 bits per heavy atom. The van der Waals surface area contributed by atoms with Gasteiger partial charge in [0.15, 0.2) is 0 Å². The molecule has 1 atom stereocenters. The van der Waals surface area contributed by atoms with E-state index in [1.807, 2.05) is 6.92 Å². The molecule has 0 aromatic carbocycles. The maximum atomic E-state index is 10.9. The summed E-state index contributed by atoms with van der Waals surface area (Å²) in [4.78, 5) is 13.0. The van der Waals surface area contributed by atoms with E-state index in [1.165, 1.54) is 0 Å². The van der Waals surface area contributed by atoms with Crippen molar-refractivity contribution in [2.45, 2.75) is 31.9 Å². The van der Waals surface area contributed by atoms with E-state index in [4.69, 9.17) is 9.84 Å². The molecular weight excluding hydrogens is 208 g/mol. The summed E-state index contributed by atoms with van der Waals surface area (Å²) in [6.45, 7) is 5.20. The van der Waals surface area contributed by atoms with Crippen LogP contribution in [0.5, 0.6) is 0 Å². The number of ether oxygens (including phenoxy) is 1. The molecule has 1 aliphatic rings. The third kappa shape index (κ3) is 4.08. The van der Waals surface area contributed by atoms with Crippen LogP contribution in [-0.2, 0) is 9.53 Å². The van der Waals surface area contributed by atoms with Crippen LogP contribution in [-0.4, -0.2) is 61.4 Å². The van der Waals surface area contributed by atoms with Gasteiger partial charge in [0.25, 0.3) is 0 Å². The van der Waals surface area contributed by atoms with E-state index in [-0.39, 0.29) is 0 Å². The first-order valence-electron chi connectivity index (χ1n) is 5.91. The van der Waals surface area contributed by atoms with Crippen LogP contribution in [0.3, 0.4) is 0 Å². The van der Waals surface area contributed by atoms with E-state index in [0.29, 0.717) is 12.6 Å². The Kier molecular flexibility index (Phi) is 5.73. The van der Waals surface area contributed by atoms with E-state index in [1.54, 1.807) is 7.05 Å². The third-order valence-electron chi connectivity index (χ3n) is 3.02. The first-order valence-corrected chi connectivity index (χ1v) is 5.91. The summed E-state index contributed by atoms with van der Waals surface area (Å²) in [7, 11) is 1.69. The predicted molar refractivity (Wildman–Crippen MR) is 61.6 cm³/mol. The molecule has 1 fully saturated rings. The summed E-state index contributed by atoms with van der Waals surface area (Å²) >= 11 is 0. The lowest BCUT2D eigenvalue weighted by Gasteiger charge is -2.33.